The number of nitrogens with zero attached hydrogens (tertiary/aromatic N) is 3. The monoisotopic (exact) mass is 487 g/mol. The third-order valence-corrected chi connectivity index (χ3v) is 6.56. The second-order valence-electron chi connectivity index (χ2n) is 9.03. The van der Waals surface area contributed by atoms with E-state index >= 15 is 0 Å². The summed E-state index contributed by atoms with van der Waals surface area (Å²) in [7, 11) is 0. The molecule has 1 aromatic heterocycles. The summed E-state index contributed by atoms with van der Waals surface area (Å²) in [6.45, 7) is 3.02. The number of likely N-dealkylation sites (tertiary alicyclic amines) is 1. The molecule has 1 saturated heterocycles. The smallest absolute Gasteiger partial charge is 0.349 e. The molecule has 35 heavy (non-hydrogen) atoms. The molecule has 2 aliphatic rings. The van der Waals surface area contributed by atoms with Crippen LogP contribution in [0.3, 0.4) is 0 Å². The second-order valence-corrected chi connectivity index (χ2v) is 9.03. The van der Waals surface area contributed by atoms with Gasteiger partial charge < -0.3 is 10.6 Å². The molecular formula is C25H28F3N5O2. The van der Waals surface area contributed by atoms with Crippen LogP contribution in [0.2, 0.25) is 0 Å². The normalized spacial score (nSPS) is 20.9. The zero-order valence-electron chi connectivity index (χ0n) is 19.4. The molecule has 186 valence electrons. The highest BCUT2D eigenvalue weighted by Crippen LogP contribution is 2.33. The van der Waals surface area contributed by atoms with Crippen LogP contribution in [-0.4, -0.2) is 58.2 Å². The number of aromatic nitrogens is 2. The first-order valence-corrected chi connectivity index (χ1v) is 11.7. The number of hydrogen-bond acceptors (Lipinski definition) is 4. The van der Waals surface area contributed by atoms with E-state index in [2.05, 4.69) is 32.5 Å². The number of nitrogens with one attached hydrogen (secondary N) is 2. The number of alkyl halides is 3. The number of amides is 2. The van der Waals surface area contributed by atoms with Gasteiger partial charge in [0.2, 0.25) is 5.91 Å². The molecule has 0 unspecified atom stereocenters. The van der Waals surface area contributed by atoms with Crippen molar-refractivity contribution in [3.8, 4) is 11.8 Å². The van der Waals surface area contributed by atoms with Crippen molar-refractivity contribution in [2.45, 2.75) is 56.9 Å². The number of rotatable bonds is 6. The molecule has 4 rings (SSSR count). The van der Waals surface area contributed by atoms with Crippen molar-refractivity contribution in [2.75, 3.05) is 19.6 Å². The van der Waals surface area contributed by atoms with Crippen LogP contribution < -0.4 is 10.6 Å². The largest absolute Gasteiger partial charge is 0.416 e. The Balaban J connectivity index is 1.15. The van der Waals surface area contributed by atoms with Crippen molar-refractivity contribution in [3.63, 3.8) is 0 Å². The molecule has 0 radical (unpaired) electrons. The first kappa shape index (κ1) is 24.8. The van der Waals surface area contributed by atoms with Gasteiger partial charge in [0.1, 0.15) is 0 Å². The van der Waals surface area contributed by atoms with Crippen molar-refractivity contribution >= 4 is 11.8 Å². The lowest BCUT2D eigenvalue weighted by molar-refractivity contribution is -0.137. The third-order valence-electron chi connectivity index (χ3n) is 6.56. The van der Waals surface area contributed by atoms with E-state index in [4.69, 9.17) is 0 Å². The minimum absolute atomic E-state index is 0.00646. The molecule has 2 N–H and O–H groups in total. The van der Waals surface area contributed by atoms with Crippen LogP contribution in [0.25, 0.3) is 0 Å². The van der Waals surface area contributed by atoms with E-state index in [9.17, 15) is 22.8 Å². The van der Waals surface area contributed by atoms with Gasteiger partial charge in [0, 0.05) is 30.9 Å². The van der Waals surface area contributed by atoms with Gasteiger partial charge in [-0.05, 0) is 50.8 Å². The first-order valence-electron chi connectivity index (χ1n) is 11.7. The Morgan fingerprint density at radius 2 is 1.86 bits per heavy atom. The molecule has 10 heteroatoms. The predicted octanol–water partition coefficient (Wildman–Crippen LogP) is 2.99. The Hall–Kier alpha value is -3.32. The van der Waals surface area contributed by atoms with Crippen molar-refractivity contribution in [2.24, 2.45) is 0 Å². The van der Waals surface area contributed by atoms with Crippen LogP contribution in [0.1, 0.15) is 60.1 Å². The van der Waals surface area contributed by atoms with Crippen molar-refractivity contribution in [3.05, 3.63) is 53.3 Å². The molecule has 2 heterocycles. The minimum Gasteiger partial charge on any atom is -0.349 e. The number of halogens is 3. The van der Waals surface area contributed by atoms with Crippen molar-refractivity contribution < 1.29 is 22.8 Å². The molecule has 2 aromatic rings. The Labute approximate surface area is 202 Å². The highest BCUT2D eigenvalue weighted by Gasteiger charge is 2.35. The summed E-state index contributed by atoms with van der Waals surface area (Å²) in [6, 6.07) is 4.99. The lowest BCUT2D eigenvalue weighted by atomic mass is 9.88. The van der Waals surface area contributed by atoms with Gasteiger partial charge in [-0.15, -0.1) is 5.92 Å². The fourth-order valence-electron chi connectivity index (χ4n) is 4.71. The summed E-state index contributed by atoms with van der Waals surface area (Å²) in [6.07, 6.45) is 3.48. The molecule has 1 saturated carbocycles. The summed E-state index contributed by atoms with van der Waals surface area (Å²) < 4.78 is 40.5. The summed E-state index contributed by atoms with van der Waals surface area (Å²) in [5, 5.41) is 9.71. The van der Waals surface area contributed by atoms with Gasteiger partial charge in [-0.25, -0.2) is 0 Å². The zero-order valence-corrected chi connectivity index (χ0v) is 19.4. The highest BCUT2D eigenvalue weighted by atomic mass is 19.4. The van der Waals surface area contributed by atoms with Gasteiger partial charge in [-0.3, -0.25) is 19.2 Å². The van der Waals surface area contributed by atoms with Crippen molar-refractivity contribution in [1.82, 2.24) is 25.3 Å². The summed E-state index contributed by atoms with van der Waals surface area (Å²) in [5.41, 5.74) is -0.108. The summed E-state index contributed by atoms with van der Waals surface area (Å²) in [4.78, 5) is 26.7. The van der Waals surface area contributed by atoms with Gasteiger partial charge in [0.25, 0.3) is 5.91 Å². The van der Waals surface area contributed by atoms with E-state index < -0.39 is 17.6 Å². The highest BCUT2D eigenvalue weighted by molar-refractivity contribution is 5.96. The average Bonchev–Trinajstić information content (AvgIpc) is 3.28. The SMILES string of the molecule is CC#Cc1cnn(C2CCC(N3CC(NC(=O)CNC(=O)c4cccc(C(F)(F)F)c4)C3)CC2)c1. The maximum absolute atomic E-state index is 12.8. The maximum atomic E-state index is 12.8. The molecule has 0 bridgehead atoms. The van der Waals surface area contributed by atoms with E-state index in [0.29, 0.717) is 12.1 Å². The fraction of sp³-hybridized carbons (Fsp3) is 0.480. The van der Waals surface area contributed by atoms with Crippen LogP contribution >= 0.6 is 0 Å². The van der Waals surface area contributed by atoms with E-state index in [1.165, 1.54) is 12.1 Å². The number of hydrogen-bond donors (Lipinski definition) is 2. The quantitative estimate of drug-likeness (QED) is 0.614. The van der Waals surface area contributed by atoms with Crippen molar-refractivity contribution in [1.29, 1.82) is 0 Å². The molecule has 1 aliphatic carbocycles. The van der Waals surface area contributed by atoms with Gasteiger partial charge >= 0.3 is 6.18 Å². The Kier molecular flexibility index (Phi) is 7.45. The molecule has 1 aliphatic heterocycles. The van der Waals surface area contributed by atoms with Gasteiger partial charge in [0.05, 0.1) is 36.0 Å². The molecule has 7 nitrogen and oxygen atoms in total. The molecule has 2 fully saturated rings. The topological polar surface area (TPSA) is 79.3 Å². The van der Waals surface area contributed by atoms with Crippen LogP contribution in [0.5, 0.6) is 0 Å². The lowest BCUT2D eigenvalue weighted by Gasteiger charge is -2.46. The molecule has 0 spiro atoms. The first-order chi connectivity index (χ1) is 16.7. The Morgan fingerprint density at radius 1 is 1.14 bits per heavy atom. The summed E-state index contributed by atoms with van der Waals surface area (Å²) >= 11 is 0. The molecule has 1 aromatic carbocycles. The van der Waals surface area contributed by atoms with E-state index in [1.54, 1.807) is 6.20 Å². The van der Waals surface area contributed by atoms with Gasteiger partial charge in [-0.1, -0.05) is 12.0 Å². The second kappa shape index (κ2) is 10.5. The lowest BCUT2D eigenvalue weighted by Crippen LogP contribution is -2.63. The molecule has 2 amide bonds. The number of benzene rings is 1. The Morgan fingerprint density at radius 3 is 2.54 bits per heavy atom. The van der Waals surface area contributed by atoms with Crippen LogP contribution in [0.4, 0.5) is 13.2 Å². The van der Waals surface area contributed by atoms with E-state index in [1.807, 2.05) is 17.8 Å². The van der Waals surface area contributed by atoms with Gasteiger partial charge in [-0.2, -0.15) is 18.3 Å². The van der Waals surface area contributed by atoms with Gasteiger partial charge in [0.15, 0.2) is 0 Å². The maximum Gasteiger partial charge on any atom is 0.416 e. The number of carbonyl (C=O) groups is 2. The minimum atomic E-state index is -4.53. The average molecular weight is 488 g/mol. The standard InChI is InChI=1S/C25H28F3N5O2/c1-2-4-17-12-30-33(14-17)22-9-7-21(8-10-22)32-15-20(16-32)31-23(34)13-29-24(35)18-5-3-6-19(11-18)25(26,27)28/h3,5-6,11-12,14,20-22H,7-10,13,15-16H2,1H3,(H,29,35)(H,31,34). The molecular weight excluding hydrogens is 459 g/mol. The predicted molar refractivity (Wildman–Crippen MR) is 123 cm³/mol. The van der Waals surface area contributed by atoms with Crippen LogP contribution in [0, 0.1) is 11.8 Å². The van der Waals surface area contributed by atoms with Crippen LogP contribution in [-0.2, 0) is 11.0 Å². The van der Waals surface area contributed by atoms with Crippen LogP contribution in [0.15, 0.2) is 36.7 Å². The fourth-order valence-corrected chi connectivity index (χ4v) is 4.71. The summed E-state index contributed by atoms with van der Waals surface area (Å²) in [5.74, 6) is 4.83. The third kappa shape index (κ3) is 6.22. The van der Waals surface area contributed by atoms with E-state index in [0.717, 1.165) is 56.5 Å². The molecule has 0 atom stereocenters. The Bertz CT molecular complexity index is 1120. The zero-order chi connectivity index (χ0) is 25.0. The number of carbonyl (C=O) groups excluding carboxylic acids is 2. The van der Waals surface area contributed by atoms with E-state index in [-0.39, 0.29) is 24.1 Å².